The van der Waals surface area contributed by atoms with Gasteiger partial charge < -0.3 is 20.1 Å². The lowest BCUT2D eigenvalue weighted by Crippen LogP contribution is -2.39. The number of sulfonamides is 1. The van der Waals surface area contributed by atoms with E-state index in [1.54, 1.807) is 14.0 Å². The zero-order chi connectivity index (χ0) is 17.7. The molecule has 1 atom stereocenters. The van der Waals surface area contributed by atoms with Gasteiger partial charge in [0.05, 0.1) is 18.5 Å². The molecule has 0 radical (unpaired) electrons. The third-order valence-electron chi connectivity index (χ3n) is 3.66. The Hall–Kier alpha value is -0.170. The summed E-state index contributed by atoms with van der Waals surface area (Å²) in [6, 6.07) is 0. The fourth-order valence-corrected chi connectivity index (χ4v) is 2.88. The van der Waals surface area contributed by atoms with Crippen molar-refractivity contribution in [2.75, 3.05) is 52.3 Å². The first-order chi connectivity index (χ1) is 11.6. The second kappa shape index (κ2) is 14.9. The van der Waals surface area contributed by atoms with Crippen molar-refractivity contribution >= 4 is 40.0 Å². The van der Waals surface area contributed by atoms with Crippen molar-refractivity contribution in [3.05, 3.63) is 0 Å². The minimum absolute atomic E-state index is 0. The van der Waals surface area contributed by atoms with Crippen molar-refractivity contribution in [3.8, 4) is 0 Å². The van der Waals surface area contributed by atoms with E-state index in [1.807, 2.05) is 0 Å². The van der Waals surface area contributed by atoms with Crippen LogP contribution in [0.2, 0.25) is 0 Å². The largest absolute Gasteiger partial charge is 0.379 e. The van der Waals surface area contributed by atoms with Crippen molar-refractivity contribution in [2.45, 2.75) is 38.7 Å². The summed E-state index contributed by atoms with van der Waals surface area (Å²) >= 11 is 0. The topological polar surface area (TPSA) is 101 Å². The van der Waals surface area contributed by atoms with E-state index in [1.165, 1.54) is 0 Å². The van der Waals surface area contributed by atoms with Gasteiger partial charge in [-0.05, 0) is 32.6 Å². The summed E-state index contributed by atoms with van der Waals surface area (Å²) in [6.45, 7) is 5.71. The first-order valence-corrected chi connectivity index (χ1v) is 10.3. The minimum atomic E-state index is -3.10. The smallest absolute Gasteiger partial charge is 0.211 e. The summed E-state index contributed by atoms with van der Waals surface area (Å²) in [7, 11) is -1.39. The lowest BCUT2D eigenvalue weighted by Gasteiger charge is -2.13. The Morgan fingerprint density at radius 3 is 2.56 bits per heavy atom. The van der Waals surface area contributed by atoms with Crippen LogP contribution >= 0.6 is 24.0 Å². The molecule has 0 bridgehead atoms. The summed E-state index contributed by atoms with van der Waals surface area (Å²) < 4.78 is 36.2. The summed E-state index contributed by atoms with van der Waals surface area (Å²) in [6.07, 6.45) is 4.10. The monoisotopic (exact) mass is 492 g/mol. The number of ether oxygens (including phenoxy) is 2. The Labute approximate surface area is 169 Å². The molecule has 1 aliphatic heterocycles. The molecule has 0 spiro atoms. The Bertz CT molecular complexity index is 456. The van der Waals surface area contributed by atoms with Crippen molar-refractivity contribution in [1.29, 1.82) is 0 Å². The van der Waals surface area contributed by atoms with Crippen molar-refractivity contribution in [2.24, 2.45) is 4.99 Å². The Morgan fingerprint density at radius 1 is 1.24 bits per heavy atom. The van der Waals surface area contributed by atoms with Crippen LogP contribution in [0.25, 0.3) is 0 Å². The van der Waals surface area contributed by atoms with Crippen molar-refractivity contribution < 1.29 is 17.9 Å². The number of nitrogens with zero attached hydrogens (tertiary/aromatic N) is 1. The van der Waals surface area contributed by atoms with Crippen LogP contribution in [0.5, 0.6) is 0 Å². The molecule has 8 nitrogen and oxygen atoms in total. The van der Waals surface area contributed by atoms with Gasteiger partial charge in [0.15, 0.2) is 5.96 Å². The van der Waals surface area contributed by atoms with Gasteiger partial charge in [0.1, 0.15) is 0 Å². The summed E-state index contributed by atoms with van der Waals surface area (Å²) in [5.41, 5.74) is 0. The molecular formula is C15H33IN4O4S. The standard InChI is InChI=1S/C15H32N4O4S.HI/c1-3-24(20,21)19-10-5-8-17-15(16-2)18-9-6-11-22-13-14-7-4-12-23-14;/h14,19H,3-13H2,1-2H3,(H2,16,17,18);1H. The van der Waals surface area contributed by atoms with E-state index >= 15 is 0 Å². The van der Waals surface area contributed by atoms with Gasteiger partial charge in [-0.2, -0.15) is 0 Å². The zero-order valence-electron chi connectivity index (χ0n) is 15.3. The van der Waals surface area contributed by atoms with Gasteiger partial charge in [-0.25, -0.2) is 13.1 Å². The van der Waals surface area contributed by atoms with Gasteiger partial charge >= 0.3 is 0 Å². The van der Waals surface area contributed by atoms with Crippen molar-refractivity contribution in [3.63, 3.8) is 0 Å². The maximum absolute atomic E-state index is 11.3. The van der Waals surface area contributed by atoms with Gasteiger partial charge in [0.25, 0.3) is 0 Å². The van der Waals surface area contributed by atoms with Crippen LogP contribution in [0, 0.1) is 0 Å². The highest BCUT2D eigenvalue weighted by Gasteiger charge is 2.14. The van der Waals surface area contributed by atoms with E-state index in [2.05, 4.69) is 20.3 Å². The van der Waals surface area contributed by atoms with Crippen LogP contribution in [0.3, 0.4) is 0 Å². The van der Waals surface area contributed by atoms with E-state index in [-0.39, 0.29) is 35.8 Å². The molecular weight excluding hydrogens is 459 g/mol. The zero-order valence-corrected chi connectivity index (χ0v) is 18.4. The third kappa shape index (κ3) is 12.8. The molecule has 150 valence electrons. The number of hydrogen-bond donors (Lipinski definition) is 3. The Balaban J connectivity index is 0.00000576. The van der Waals surface area contributed by atoms with Gasteiger partial charge in [-0.15, -0.1) is 24.0 Å². The van der Waals surface area contributed by atoms with Crippen LogP contribution in [0.15, 0.2) is 4.99 Å². The Morgan fingerprint density at radius 2 is 1.96 bits per heavy atom. The maximum atomic E-state index is 11.3. The molecule has 25 heavy (non-hydrogen) atoms. The molecule has 1 rings (SSSR count). The maximum Gasteiger partial charge on any atom is 0.211 e. The minimum Gasteiger partial charge on any atom is -0.379 e. The highest BCUT2D eigenvalue weighted by atomic mass is 127. The fraction of sp³-hybridized carbons (Fsp3) is 0.933. The van der Waals surface area contributed by atoms with Crippen molar-refractivity contribution in [1.82, 2.24) is 15.4 Å². The number of nitrogens with one attached hydrogen (secondary N) is 3. The first-order valence-electron chi connectivity index (χ1n) is 8.68. The van der Waals surface area contributed by atoms with Gasteiger partial charge in [-0.1, -0.05) is 0 Å². The van der Waals surface area contributed by atoms with E-state index in [9.17, 15) is 8.42 Å². The fourth-order valence-electron chi connectivity index (χ4n) is 2.22. The number of halogens is 1. The van der Waals surface area contributed by atoms with E-state index in [0.29, 0.717) is 38.7 Å². The van der Waals surface area contributed by atoms with E-state index in [4.69, 9.17) is 9.47 Å². The third-order valence-corrected chi connectivity index (χ3v) is 5.06. The molecule has 0 aromatic carbocycles. The first kappa shape index (κ1) is 24.8. The molecule has 0 aromatic rings. The molecule has 1 aliphatic rings. The van der Waals surface area contributed by atoms with E-state index < -0.39 is 10.0 Å². The summed E-state index contributed by atoms with van der Waals surface area (Å²) in [4.78, 5) is 4.13. The number of guanidine groups is 1. The quantitative estimate of drug-likeness (QED) is 0.160. The van der Waals surface area contributed by atoms with E-state index in [0.717, 1.165) is 32.4 Å². The predicted octanol–water partition coefficient (Wildman–Crippen LogP) is 0.685. The number of aliphatic imine (C=N–C) groups is 1. The van der Waals surface area contributed by atoms with Crippen LogP contribution in [0.4, 0.5) is 0 Å². The average molecular weight is 492 g/mol. The molecule has 1 fully saturated rings. The lowest BCUT2D eigenvalue weighted by atomic mass is 10.2. The van der Waals surface area contributed by atoms with Gasteiger partial charge in [-0.3, -0.25) is 4.99 Å². The SMILES string of the molecule is CCS(=O)(=O)NCCCNC(=NC)NCCCOCC1CCCO1.I. The summed E-state index contributed by atoms with van der Waals surface area (Å²) in [5, 5.41) is 6.36. The second-order valence-corrected chi connectivity index (χ2v) is 7.74. The predicted molar refractivity (Wildman–Crippen MR) is 111 cm³/mol. The van der Waals surface area contributed by atoms with Crippen LogP contribution in [0.1, 0.15) is 32.6 Å². The lowest BCUT2D eigenvalue weighted by molar-refractivity contribution is 0.0168. The van der Waals surface area contributed by atoms with Crippen LogP contribution in [-0.4, -0.2) is 72.7 Å². The molecule has 0 aromatic heterocycles. The van der Waals surface area contributed by atoms with Gasteiger partial charge in [0.2, 0.25) is 10.0 Å². The van der Waals surface area contributed by atoms with Crippen LogP contribution < -0.4 is 15.4 Å². The van der Waals surface area contributed by atoms with Gasteiger partial charge in [0, 0.05) is 39.9 Å². The summed E-state index contributed by atoms with van der Waals surface area (Å²) in [5.74, 6) is 0.825. The number of hydrogen-bond acceptors (Lipinski definition) is 5. The Kier molecular flexibility index (Phi) is 14.8. The highest BCUT2D eigenvalue weighted by Crippen LogP contribution is 2.11. The van der Waals surface area contributed by atoms with Crippen LogP contribution in [-0.2, 0) is 19.5 Å². The molecule has 10 heteroatoms. The second-order valence-electron chi connectivity index (χ2n) is 5.64. The molecule has 0 saturated carbocycles. The molecule has 1 unspecified atom stereocenters. The average Bonchev–Trinajstić information content (AvgIpc) is 3.09. The number of rotatable bonds is 12. The molecule has 0 aliphatic carbocycles. The molecule has 0 amide bonds. The highest BCUT2D eigenvalue weighted by molar-refractivity contribution is 14.0. The normalized spacial score (nSPS) is 18.0. The molecule has 1 saturated heterocycles. The molecule has 1 heterocycles. The molecule has 3 N–H and O–H groups in total.